The number of halogens is 2. The summed E-state index contributed by atoms with van der Waals surface area (Å²) in [7, 11) is 0. The molecule has 0 saturated heterocycles. The van der Waals surface area contributed by atoms with Crippen LogP contribution < -0.4 is 4.30 Å². The fraction of sp³-hybridized carbons (Fsp3) is 1.00. The van der Waals surface area contributed by atoms with E-state index in [1.54, 1.807) is 0 Å². The second-order valence-corrected chi connectivity index (χ2v) is 5.51. The molecule has 0 aliphatic heterocycles. The first-order valence-electron chi connectivity index (χ1n) is 3.58. The van der Waals surface area contributed by atoms with Crippen molar-refractivity contribution in [3.63, 3.8) is 0 Å². The lowest BCUT2D eigenvalue weighted by atomic mass is 10.8. The van der Waals surface area contributed by atoms with E-state index in [0.29, 0.717) is 0 Å². The van der Waals surface area contributed by atoms with Gasteiger partial charge in [-0.3, -0.25) is 0 Å². The SMILES string of the molecule is CC[NH][Al]([CH2]C)[CH2]C.Cl.Cl. The first kappa shape index (κ1) is 17.2. The summed E-state index contributed by atoms with van der Waals surface area (Å²) in [5, 5.41) is 2.79. The van der Waals surface area contributed by atoms with Crippen molar-refractivity contribution in [3.05, 3.63) is 0 Å². The highest BCUT2D eigenvalue weighted by Gasteiger charge is 2.08. The van der Waals surface area contributed by atoms with E-state index in [4.69, 9.17) is 0 Å². The quantitative estimate of drug-likeness (QED) is 0.690. The van der Waals surface area contributed by atoms with Crippen LogP contribution in [0, 0.1) is 0 Å². The van der Waals surface area contributed by atoms with Crippen molar-refractivity contribution in [3.8, 4) is 0 Å². The predicted octanol–water partition coefficient (Wildman–Crippen LogP) is 2.47. The Morgan fingerprint density at radius 3 is 1.50 bits per heavy atom. The maximum atomic E-state index is 3.52. The molecule has 0 atom stereocenters. The lowest BCUT2D eigenvalue weighted by Crippen LogP contribution is -2.31. The molecule has 0 unspecified atom stereocenters. The highest BCUT2D eigenvalue weighted by Crippen LogP contribution is 1.91. The van der Waals surface area contributed by atoms with E-state index in [9.17, 15) is 0 Å². The fourth-order valence-electron chi connectivity index (χ4n) is 0.866. The number of nitrogens with one attached hydrogen (secondary N) is 1. The Balaban J connectivity index is -0.000000245. The Bertz CT molecular complexity index is 51.0. The van der Waals surface area contributed by atoms with E-state index in [-0.39, 0.29) is 24.8 Å². The fourth-order valence-corrected chi connectivity index (χ4v) is 2.60. The van der Waals surface area contributed by atoms with Crippen LogP contribution in [0.15, 0.2) is 0 Å². The van der Waals surface area contributed by atoms with Crippen LogP contribution >= 0.6 is 24.8 Å². The third-order valence-electron chi connectivity index (χ3n) is 1.48. The largest absolute Gasteiger partial charge is 0.399 e. The zero-order valence-electron chi connectivity index (χ0n) is 7.02. The van der Waals surface area contributed by atoms with E-state index < -0.39 is 14.4 Å². The molecular formula is C6H18AlCl2N. The molecule has 0 saturated carbocycles. The van der Waals surface area contributed by atoms with Gasteiger partial charge in [-0.2, -0.15) is 0 Å². The molecule has 10 heavy (non-hydrogen) atoms. The molecule has 64 valence electrons. The van der Waals surface area contributed by atoms with Gasteiger partial charge < -0.3 is 4.30 Å². The van der Waals surface area contributed by atoms with Gasteiger partial charge in [-0.15, -0.1) is 24.8 Å². The minimum atomic E-state index is -0.442. The molecule has 0 aliphatic carbocycles. The average Bonchev–Trinajstić information content (AvgIpc) is 1.83. The second kappa shape index (κ2) is 12.7. The van der Waals surface area contributed by atoms with Crippen molar-refractivity contribution in [2.45, 2.75) is 31.3 Å². The zero-order chi connectivity index (χ0) is 6.41. The standard InChI is InChI=1S/C2H6N.2C2H5.Al.2ClH/c1-2-3;2*1-2;;;/h3H,2H2,1H3;2*1H2,2H3;;2*1H/q-1;;;+1;;. The molecule has 1 nitrogen and oxygen atoms in total. The smallest absolute Gasteiger partial charge is 0.369 e. The van der Waals surface area contributed by atoms with Gasteiger partial charge in [0.2, 0.25) is 0 Å². The van der Waals surface area contributed by atoms with Crippen LogP contribution in [0.1, 0.15) is 20.8 Å². The maximum absolute atomic E-state index is 3.52. The van der Waals surface area contributed by atoms with E-state index in [0.717, 1.165) is 0 Å². The first-order valence-corrected chi connectivity index (χ1v) is 5.79. The summed E-state index contributed by atoms with van der Waals surface area (Å²) in [5.74, 6) is 0. The van der Waals surface area contributed by atoms with Crippen molar-refractivity contribution in [2.24, 2.45) is 0 Å². The van der Waals surface area contributed by atoms with Gasteiger partial charge in [0.1, 0.15) is 0 Å². The number of hydrogen-bond donors (Lipinski definition) is 1. The lowest BCUT2D eigenvalue weighted by Gasteiger charge is -2.04. The van der Waals surface area contributed by atoms with Gasteiger partial charge in [0.05, 0.1) is 0 Å². The van der Waals surface area contributed by atoms with E-state index in [1.165, 1.54) is 17.1 Å². The molecular weight excluding hydrogens is 184 g/mol. The monoisotopic (exact) mass is 201 g/mol. The molecule has 0 heterocycles. The van der Waals surface area contributed by atoms with Gasteiger partial charge in [0, 0.05) is 0 Å². The molecule has 1 N–H and O–H groups in total. The maximum Gasteiger partial charge on any atom is 0.369 e. The highest BCUT2D eigenvalue weighted by atomic mass is 35.5. The summed E-state index contributed by atoms with van der Waals surface area (Å²) in [4.78, 5) is 0. The first-order chi connectivity index (χ1) is 3.85. The van der Waals surface area contributed by atoms with Gasteiger partial charge in [0.15, 0.2) is 0 Å². The van der Waals surface area contributed by atoms with Crippen LogP contribution in [0.2, 0.25) is 10.6 Å². The molecule has 0 aromatic carbocycles. The summed E-state index contributed by atoms with van der Waals surface area (Å²) < 4.78 is 3.52. The summed E-state index contributed by atoms with van der Waals surface area (Å²) >= 11 is -0.442. The number of rotatable bonds is 4. The van der Waals surface area contributed by atoms with Crippen molar-refractivity contribution < 1.29 is 0 Å². The summed E-state index contributed by atoms with van der Waals surface area (Å²) in [6.45, 7) is 7.91. The number of hydrogen-bond acceptors (Lipinski definition) is 1. The zero-order valence-corrected chi connectivity index (χ0v) is 9.80. The Kier molecular flexibility index (Phi) is 21.9. The minimum Gasteiger partial charge on any atom is -0.399 e. The van der Waals surface area contributed by atoms with Gasteiger partial charge >= 0.3 is 14.4 Å². The molecule has 0 bridgehead atoms. The average molecular weight is 202 g/mol. The summed E-state index contributed by atoms with van der Waals surface area (Å²) in [6.07, 6.45) is 0. The molecule has 0 aromatic rings. The molecule has 0 fully saturated rings. The second-order valence-electron chi connectivity index (χ2n) is 2.07. The van der Waals surface area contributed by atoms with Crippen LogP contribution in [-0.4, -0.2) is 20.9 Å². The third kappa shape index (κ3) is 9.07. The Labute approximate surface area is 81.4 Å². The van der Waals surface area contributed by atoms with Crippen LogP contribution in [0.4, 0.5) is 0 Å². The third-order valence-corrected chi connectivity index (χ3v) is 4.44. The molecule has 0 radical (unpaired) electrons. The van der Waals surface area contributed by atoms with Crippen molar-refractivity contribution >= 4 is 39.2 Å². The topological polar surface area (TPSA) is 12.0 Å². The lowest BCUT2D eigenvalue weighted by molar-refractivity contribution is 0.961. The Hall–Kier alpha value is 1.07. The van der Waals surface area contributed by atoms with E-state index >= 15 is 0 Å². The van der Waals surface area contributed by atoms with Gasteiger partial charge in [-0.1, -0.05) is 31.3 Å². The highest BCUT2D eigenvalue weighted by molar-refractivity contribution is 6.55. The summed E-state index contributed by atoms with van der Waals surface area (Å²) in [5.41, 5.74) is 0. The predicted molar refractivity (Wildman–Crippen MR) is 54.9 cm³/mol. The van der Waals surface area contributed by atoms with E-state index in [1.807, 2.05) is 0 Å². The molecule has 0 aromatic heterocycles. The van der Waals surface area contributed by atoms with Crippen molar-refractivity contribution in [1.29, 1.82) is 0 Å². The van der Waals surface area contributed by atoms with Crippen LogP contribution in [0.25, 0.3) is 0 Å². The molecule has 0 aliphatic rings. The Morgan fingerprint density at radius 2 is 1.40 bits per heavy atom. The Morgan fingerprint density at radius 1 is 1.00 bits per heavy atom. The summed E-state index contributed by atoms with van der Waals surface area (Å²) in [6, 6.07) is 0. The van der Waals surface area contributed by atoms with Crippen LogP contribution in [0.3, 0.4) is 0 Å². The van der Waals surface area contributed by atoms with Gasteiger partial charge in [-0.25, -0.2) is 0 Å². The molecule has 0 rings (SSSR count). The minimum absolute atomic E-state index is 0. The van der Waals surface area contributed by atoms with Crippen molar-refractivity contribution in [2.75, 3.05) is 6.54 Å². The van der Waals surface area contributed by atoms with Gasteiger partial charge in [0.25, 0.3) is 0 Å². The molecule has 0 spiro atoms. The van der Waals surface area contributed by atoms with Gasteiger partial charge in [-0.05, 0) is 6.54 Å². The normalized spacial score (nSPS) is 7.50. The van der Waals surface area contributed by atoms with E-state index in [2.05, 4.69) is 25.1 Å². The van der Waals surface area contributed by atoms with Crippen LogP contribution in [0.5, 0.6) is 0 Å². The van der Waals surface area contributed by atoms with Crippen molar-refractivity contribution in [1.82, 2.24) is 4.30 Å². The molecule has 4 heteroatoms. The molecule has 0 amide bonds. The van der Waals surface area contributed by atoms with Crippen LogP contribution in [-0.2, 0) is 0 Å².